The van der Waals surface area contributed by atoms with Gasteiger partial charge in [0, 0.05) is 12.1 Å². The minimum absolute atomic E-state index is 0.00965. The van der Waals surface area contributed by atoms with E-state index in [-0.39, 0.29) is 11.9 Å². The number of amides is 1. The molecule has 0 saturated heterocycles. The van der Waals surface area contributed by atoms with Crippen molar-refractivity contribution in [2.45, 2.75) is 52.5 Å². The second kappa shape index (κ2) is 8.52. The minimum atomic E-state index is -0.00965. The number of hydrogen-bond donors (Lipinski definition) is 1. The van der Waals surface area contributed by atoms with Crippen LogP contribution < -0.4 is 5.32 Å². The van der Waals surface area contributed by atoms with Crippen LogP contribution in [0.5, 0.6) is 0 Å². The molecule has 0 bridgehead atoms. The molecule has 0 aromatic heterocycles. The molecule has 1 aromatic carbocycles. The highest BCUT2D eigenvalue weighted by molar-refractivity contribution is 5.91. The summed E-state index contributed by atoms with van der Waals surface area (Å²) in [6.07, 6.45) is 8.15. The average molecular weight is 259 g/mol. The Hall–Kier alpha value is -1.57. The van der Waals surface area contributed by atoms with Gasteiger partial charge in [0.15, 0.2) is 0 Å². The Balaban J connectivity index is 2.35. The standard InChI is InChI=1S/C17H25NO/c1-4-5-6-7-15(3)18-17(19)13-12-16-10-8-14(2)9-11-16/h8-13,15H,4-7H2,1-3H3,(H,18,19)/b13-12-/t15-/m0/s1. The first-order valence-corrected chi connectivity index (χ1v) is 7.17. The van der Waals surface area contributed by atoms with Gasteiger partial charge in [0.2, 0.25) is 5.91 Å². The zero-order valence-electron chi connectivity index (χ0n) is 12.3. The van der Waals surface area contributed by atoms with Crippen LogP contribution in [0, 0.1) is 6.92 Å². The summed E-state index contributed by atoms with van der Waals surface area (Å²) in [7, 11) is 0. The van der Waals surface area contributed by atoms with Crippen LogP contribution in [-0.2, 0) is 4.79 Å². The van der Waals surface area contributed by atoms with Crippen molar-refractivity contribution < 1.29 is 4.79 Å². The minimum Gasteiger partial charge on any atom is -0.350 e. The molecule has 0 aliphatic rings. The van der Waals surface area contributed by atoms with Gasteiger partial charge in [-0.1, -0.05) is 56.0 Å². The lowest BCUT2D eigenvalue weighted by Gasteiger charge is -2.11. The zero-order chi connectivity index (χ0) is 14.1. The fourth-order valence-electron chi connectivity index (χ4n) is 1.91. The maximum Gasteiger partial charge on any atom is 0.244 e. The largest absolute Gasteiger partial charge is 0.350 e. The van der Waals surface area contributed by atoms with Gasteiger partial charge in [0.05, 0.1) is 0 Å². The highest BCUT2D eigenvalue weighted by Crippen LogP contribution is 2.05. The van der Waals surface area contributed by atoms with Gasteiger partial charge < -0.3 is 5.32 Å². The number of rotatable bonds is 7. The van der Waals surface area contributed by atoms with E-state index in [0.29, 0.717) is 0 Å². The highest BCUT2D eigenvalue weighted by atomic mass is 16.1. The van der Waals surface area contributed by atoms with Crippen LogP contribution in [0.2, 0.25) is 0 Å². The predicted octanol–water partition coefficient (Wildman–Crippen LogP) is 4.09. The lowest BCUT2D eigenvalue weighted by atomic mass is 10.1. The van der Waals surface area contributed by atoms with Crippen LogP contribution in [0.4, 0.5) is 0 Å². The summed E-state index contributed by atoms with van der Waals surface area (Å²) in [5.41, 5.74) is 2.28. The molecule has 1 aromatic rings. The fraction of sp³-hybridized carbons (Fsp3) is 0.471. The van der Waals surface area contributed by atoms with Crippen LogP contribution in [0.3, 0.4) is 0 Å². The molecule has 0 unspecified atom stereocenters. The molecule has 0 heterocycles. The maximum atomic E-state index is 11.7. The van der Waals surface area contributed by atoms with Crippen LogP contribution in [0.25, 0.3) is 6.08 Å². The van der Waals surface area contributed by atoms with Crippen molar-refractivity contribution in [3.05, 3.63) is 41.5 Å². The Morgan fingerprint density at radius 3 is 2.58 bits per heavy atom. The second-order valence-corrected chi connectivity index (χ2v) is 5.15. The summed E-state index contributed by atoms with van der Waals surface area (Å²) < 4.78 is 0. The molecule has 19 heavy (non-hydrogen) atoms. The molecule has 1 atom stereocenters. The van der Waals surface area contributed by atoms with Crippen molar-refractivity contribution in [1.29, 1.82) is 0 Å². The summed E-state index contributed by atoms with van der Waals surface area (Å²) in [5, 5.41) is 2.99. The molecule has 0 saturated carbocycles. The van der Waals surface area contributed by atoms with E-state index in [2.05, 4.69) is 26.1 Å². The second-order valence-electron chi connectivity index (χ2n) is 5.15. The van der Waals surface area contributed by atoms with Crippen molar-refractivity contribution in [1.82, 2.24) is 5.32 Å². The van der Waals surface area contributed by atoms with Gasteiger partial charge >= 0.3 is 0 Å². The number of hydrogen-bond acceptors (Lipinski definition) is 1. The van der Waals surface area contributed by atoms with E-state index in [1.54, 1.807) is 6.08 Å². The van der Waals surface area contributed by atoms with E-state index in [0.717, 1.165) is 12.0 Å². The molecular weight excluding hydrogens is 234 g/mol. The molecule has 0 fully saturated rings. The molecule has 1 amide bonds. The average Bonchev–Trinajstić information content (AvgIpc) is 2.38. The number of unbranched alkanes of at least 4 members (excludes halogenated alkanes) is 2. The number of aryl methyl sites for hydroxylation is 1. The van der Waals surface area contributed by atoms with Crippen LogP contribution >= 0.6 is 0 Å². The Morgan fingerprint density at radius 1 is 1.26 bits per heavy atom. The fourth-order valence-corrected chi connectivity index (χ4v) is 1.91. The Morgan fingerprint density at radius 2 is 1.95 bits per heavy atom. The van der Waals surface area contributed by atoms with E-state index in [1.807, 2.05) is 30.3 Å². The molecule has 0 aliphatic carbocycles. The SMILES string of the molecule is CCCCC[C@H](C)NC(=O)/C=C\c1ccc(C)cc1. The van der Waals surface area contributed by atoms with Crippen LogP contribution in [0.1, 0.15) is 50.7 Å². The van der Waals surface area contributed by atoms with Gasteiger partial charge in [0.25, 0.3) is 0 Å². The van der Waals surface area contributed by atoms with Gasteiger partial charge in [-0.2, -0.15) is 0 Å². The third-order valence-corrected chi connectivity index (χ3v) is 3.13. The molecule has 2 nitrogen and oxygen atoms in total. The van der Waals surface area contributed by atoms with E-state index >= 15 is 0 Å². The van der Waals surface area contributed by atoms with Crippen LogP contribution in [-0.4, -0.2) is 11.9 Å². The molecule has 0 radical (unpaired) electrons. The van der Waals surface area contributed by atoms with Gasteiger partial charge in [0.1, 0.15) is 0 Å². The van der Waals surface area contributed by atoms with Gasteiger partial charge in [-0.25, -0.2) is 0 Å². The van der Waals surface area contributed by atoms with Crippen molar-refractivity contribution in [3.8, 4) is 0 Å². The maximum absolute atomic E-state index is 11.7. The number of nitrogens with one attached hydrogen (secondary N) is 1. The summed E-state index contributed by atoms with van der Waals surface area (Å²) in [5.74, 6) is -0.00965. The van der Waals surface area contributed by atoms with E-state index in [1.165, 1.54) is 24.8 Å². The molecular formula is C17H25NO. The van der Waals surface area contributed by atoms with Gasteiger partial charge in [-0.3, -0.25) is 4.79 Å². The predicted molar refractivity (Wildman–Crippen MR) is 82.0 cm³/mol. The summed E-state index contributed by atoms with van der Waals surface area (Å²) in [6, 6.07) is 8.38. The summed E-state index contributed by atoms with van der Waals surface area (Å²) in [4.78, 5) is 11.7. The normalized spacial score (nSPS) is 12.6. The zero-order valence-corrected chi connectivity index (χ0v) is 12.3. The van der Waals surface area contributed by atoms with Crippen molar-refractivity contribution in [3.63, 3.8) is 0 Å². The number of carbonyl (C=O) groups is 1. The topological polar surface area (TPSA) is 29.1 Å². The number of carbonyl (C=O) groups excluding carboxylic acids is 1. The summed E-state index contributed by atoms with van der Waals surface area (Å²) in [6.45, 7) is 6.30. The highest BCUT2D eigenvalue weighted by Gasteiger charge is 2.03. The van der Waals surface area contributed by atoms with E-state index in [4.69, 9.17) is 0 Å². The van der Waals surface area contributed by atoms with Crippen LogP contribution in [0.15, 0.2) is 30.3 Å². The Bertz CT molecular complexity index is 406. The molecule has 0 spiro atoms. The Labute approximate surface area is 116 Å². The van der Waals surface area contributed by atoms with Crippen molar-refractivity contribution in [2.24, 2.45) is 0 Å². The third-order valence-electron chi connectivity index (χ3n) is 3.13. The monoisotopic (exact) mass is 259 g/mol. The molecule has 1 rings (SSSR count). The summed E-state index contributed by atoms with van der Waals surface area (Å²) >= 11 is 0. The first kappa shape index (κ1) is 15.5. The molecule has 1 N–H and O–H groups in total. The molecule has 0 aliphatic heterocycles. The van der Waals surface area contributed by atoms with E-state index < -0.39 is 0 Å². The third kappa shape index (κ3) is 6.80. The van der Waals surface area contributed by atoms with Crippen molar-refractivity contribution in [2.75, 3.05) is 0 Å². The quantitative estimate of drug-likeness (QED) is 0.580. The van der Waals surface area contributed by atoms with E-state index in [9.17, 15) is 4.79 Å². The first-order chi connectivity index (χ1) is 9.11. The lowest BCUT2D eigenvalue weighted by molar-refractivity contribution is -0.117. The van der Waals surface area contributed by atoms with Crippen molar-refractivity contribution >= 4 is 12.0 Å². The lowest BCUT2D eigenvalue weighted by Crippen LogP contribution is -2.30. The van der Waals surface area contributed by atoms with Gasteiger partial charge in [-0.05, 0) is 31.9 Å². The first-order valence-electron chi connectivity index (χ1n) is 7.17. The smallest absolute Gasteiger partial charge is 0.244 e. The van der Waals surface area contributed by atoms with Gasteiger partial charge in [-0.15, -0.1) is 0 Å². The Kier molecular flexibility index (Phi) is 6.94. The molecule has 104 valence electrons. The number of benzene rings is 1. The molecule has 2 heteroatoms.